The number of hydrogen-bond donors (Lipinski definition) is 2. The molecule has 2 saturated carbocycles. The van der Waals surface area contributed by atoms with Gasteiger partial charge in [0.1, 0.15) is 30.1 Å². The van der Waals surface area contributed by atoms with Gasteiger partial charge in [0.25, 0.3) is 0 Å². The number of H-pyrrole nitrogens is 1. The van der Waals surface area contributed by atoms with Crippen molar-refractivity contribution in [1.29, 1.82) is 0 Å². The summed E-state index contributed by atoms with van der Waals surface area (Å²) in [5.74, 6) is 2.65. The summed E-state index contributed by atoms with van der Waals surface area (Å²) in [7, 11) is 0. The van der Waals surface area contributed by atoms with Gasteiger partial charge in [-0.25, -0.2) is 9.97 Å². The molecule has 7 rings (SSSR count). The normalized spacial score (nSPS) is 25.2. The van der Waals surface area contributed by atoms with Gasteiger partial charge in [0, 0.05) is 30.2 Å². The lowest BCUT2D eigenvalue weighted by Crippen LogP contribution is -2.40. The molecule has 1 aliphatic heterocycles. The van der Waals surface area contributed by atoms with Crippen LogP contribution in [-0.2, 0) is 11.4 Å². The highest BCUT2D eigenvalue weighted by molar-refractivity contribution is 6.32. The molecule has 8 nitrogen and oxygen atoms in total. The summed E-state index contributed by atoms with van der Waals surface area (Å²) < 4.78 is 5.86. The molecule has 3 fully saturated rings. The largest absolute Gasteiger partial charge is 0.486 e. The van der Waals surface area contributed by atoms with Crippen LogP contribution < -0.4 is 10.1 Å². The zero-order chi connectivity index (χ0) is 25.1. The highest BCUT2D eigenvalue weighted by atomic mass is 35.5. The lowest BCUT2D eigenvalue weighted by atomic mass is 9.85. The number of benzene rings is 1. The summed E-state index contributed by atoms with van der Waals surface area (Å²) in [5.41, 5.74) is 3.66. The van der Waals surface area contributed by atoms with E-state index in [1.807, 2.05) is 36.4 Å². The molecule has 1 aromatic carbocycles. The molecule has 9 heteroatoms. The van der Waals surface area contributed by atoms with Gasteiger partial charge in [0.15, 0.2) is 0 Å². The molecule has 3 aromatic heterocycles. The van der Waals surface area contributed by atoms with E-state index in [4.69, 9.17) is 16.3 Å². The molecular formula is C28H25ClN6O2. The molecule has 4 aromatic rings. The van der Waals surface area contributed by atoms with Crippen LogP contribution in [0.3, 0.4) is 0 Å². The second-order valence-corrected chi connectivity index (χ2v) is 10.5. The number of nitrogens with one attached hydrogen (secondary N) is 2. The fourth-order valence-electron chi connectivity index (χ4n) is 6.64. The first-order chi connectivity index (χ1) is 18.1. The Kier molecular flexibility index (Phi) is 5.01. The SMILES string of the molecule is C=CC(=O)N1CC2CC13CC3[C@H]2c1c[nH]c2ncnc(Nc3ccc(OCc4ccccn4)c(Cl)c3)c12. The minimum atomic E-state index is 0.00601. The molecule has 0 radical (unpaired) electrons. The average molecular weight is 513 g/mol. The molecule has 3 unspecified atom stereocenters. The molecule has 2 bridgehead atoms. The van der Waals surface area contributed by atoms with Gasteiger partial charge < -0.3 is 19.9 Å². The van der Waals surface area contributed by atoms with Gasteiger partial charge in [0.2, 0.25) is 5.91 Å². The van der Waals surface area contributed by atoms with Gasteiger partial charge in [-0.15, -0.1) is 0 Å². The molecule has 4 atom stereocenters. The first-order valence-corrected chi connectivity index (χ1v) is 12.8. The Labute approximate surface area is 218 Å². The second-order valence-electron chi connectivity index (χ2n) is 10.1. The van der Waals surface area contributed by atoms with Crippen LogP contribution in [0, 0.1) is 11.8 Å². The van der Waals surface area contributed by atoms with Crippen LogP contribution in [0.1, 0.15) is 30.0 Å². The number of ether oxygens (including phenoxy) is 1. The number of amides is 1. The third-order valence-corrected chi connectivity index (χ3v) is 8.51. The van der Waals surface area contributed by atoms with E-state index in [0.29, 0.717) is 35.1 Å². The summed E-state index contributed by atoms with van der Waals surface area (Å²) in [4.78, 5) is 31.2. The molecule has 4 heterocycles. The van der Waals surface area contributed by atoms with E-state index in [1.54, 1.807) is 12.5 Å². The number of carbonyl (C=O) groups excluding carboxylic acids is 1. The number of nitrogens with zero attached hydrogens (tertiary/aromatic N) is 4. The van der Waals surface area contributed by atoms with Crippen molar-refractivity contribution in [3.63, 3.8) is 0 Å². The van der Waals surface area contributed by atoms with Crippen LogP contribution in [0.15, 0.2) is 67.8 Å². The monoisotopic (exact) mass is 512 g/mol. The van der Waals surface area contributed by atoms with Gasteiger partial charge in [-0.3, -0.25) is 9.78 Å². The van der Waals surface area contributed by atoms with Gasteiger partial charge in [-0.1, -0.05) is 24.2 Å². The molecular weight excluding hydrogens is 488 g/mol. The summed E-state index contributed by atoms with van der Waals surface area (Å²) >= 11 is 6.55. The van der Waals surface area contributed by atoms with Crippen molar-refractivity contribution in [3.05, 3.63) is 84.1 Å². The fourth-order valence-corrected chi connectivity index (χ4v) is 6.88. The van der Waals surface area contributed by atoms with Crippen molar-refractivity contribution in [3.8, 4) is 5.75 Å². The summed E-state index contributed by atoms with van der Waals surface area (Å²) in [5, 5.41) is 4.94. The zero-order valence-corrected chi connectivity index (χ0v) is 20.8. The Morgan fingerprint density at radius 2 is 2.19 bits per heavy atom. The van der Waals surface area contributed by atoms with Crippen LogP contribution in [0.25, 0.3) is 11.0 Å². The Bertz CT molecular complexity index is 1540. The number of carbonyl (C=O) groups is 1. The topological polar surface area (TPSA) is 96.0 Å². The third kappa shape index (κ3) is 3.50. The number of aromatic amines is 1. The maximum atomic E-state index is 12.4. The number of fused-ring (bicyclic) bond motifs is 2. The number of hydrogen-bond acceptors (Lipinski definition) is 6. The Morgan fingerprint density at radius 1 is 1.27 bits per heavy atom. The molecule has 1 amide bonds. The predicted octanol–water partition coefficient (Wildman–Crippen LogP) is 5.22. The minimum absolute atomic E-state index is 0.00601. The number of halogens is 1. The highest BCUT2D eigenvalue weighted by Crippen LogP contribution is 2.72. The first-order valence-electron chi connectivity index (χ1n) is 12.4. The number of anilines is 2. The Hall–Kier alpha value is -3.91. The van der Waals surface area contributed by atoms with E-state index < -0.39 is 0 Å². The highest BCUT2D eigenvalue weighted by Gasteiger charge is 2.73. The van der Waals surface area contributed by atoms with Gasteiger partial charge in [-0.2, -0.15) is 0 Å². The van der Waals surface area contributed by atoms with Crippen molar-refractivity contribution in [2.45, 2.75) is 30.9 Å². The fraction of sp³-hybridized carbons (Fsp3) is 0.286. The number of rotatable bonds is 7. The standard InChI is InChI=1S/C28H25ClN6O2/c1-2-23(36)35-13-16-10-28(35)11-20(28)24(16)19-12-31-26-25(19)27(33-15-32-26)34-17-6-7-22(21(29)9-17)37-14-18-5-3-4-8-30-18/h2-9,12,15-16,20,24H,1,10-11,13-14H2,(H2,31,32,33,34)/t16?,20?,24-,28?/m1/s1. The molecule has 1 spiro atoms. The Morgan fingerprint density at radius 3 is 2.97 bits per heavy atom. The summed E-state index contributed by atoms with van der Waals surface area (Å²) in [6.07, 6.45) is 8.92. The van der Waals surface area contributed by atoms with E-state index in [-0.39, 0.29) is 11.4 Å². The van der Waals surface area contributed by atoms with Crippen LogP contribution >= 0.6 is 11.6 Å². The van der Waals surface area contributed by atoms with Gasteiger partial charge >= 0.3 is 0 Å². The Balaban J connectivity index is 1.14. The molecule has 1 saturated heterocycles. The minimum Gasteiger partial charge on any atom is -0.486 e. The quantitative estimate of drug-likeness (QED) is 0.330. The summed E-state index contributed by atoms with van der Waals surface area (Å²) in [6.45, 7) is 4.82. The number of likely N-dealkylation sites (tertiary alicyclic amines) is 1. The lowest BCUT2D eigenvalue weighted by molar-refractivity contribution is -0.128. The van der Waals surface area contributed by atoms with Crippen LogP contribution in [0.5, 0.6) is 5.75 Å². The van der Waals surface area contributed by atoms with Gasteiger partial charge in [0.05, 0.1) is 16.1 Å². The average Bonchev–Trinajstić information content (AvgIpc) is 3.19. The van der Waals surface area contributed by atoms with Crippen molar-refractivity contribution in [2.75, 3.05) is 11.9 Å². The molecule has 37 heavy (non-hydrogen) atoms. The van der Waals surface area contributed by atoms with Gasteiger partial charge in [-0.05, 0) is 72.6 Å². The smallest absolute Gasteiger partial charge is 0.246 e. The van der Waals surface area contributed by atoms with Crippen molar-refractivity contribution in [1.82, 2.24) is 24.8 Å². The first kappa shape index (κ1) is 22.3. The van der Waals surface area contributed by atoms with Crippen molar-refractivity contribution < 1.29 is 9.53 Å². The number of pyridine rings is 1. The zero-order valence-electron chi connectivity index (χ0n) is 20.0. The molecule has 2 aliphatic carbocycles. The van der Waals surface area contributed by atoms with E-state index in [9.17, 15) is 4.79 Å². The maximum absolute atomic E-state index is 12.4. The van der Waals surface area contributed by atoms with E-state index in [2.05, 4.69) is 42.9 Å². The number of aromatic nitrogens is 4. The van der Waals surface area contributed by atoms with E-state index in [1.165, 1.54) is 11.6 Å². The molecule has 2 N–H and O–H groups in total. The lowest BCUT2D eigenvalue weighted by Gasteiger charge is -2.30. The molecule has 186 valence electrons. The van der Waals surface area contributed by atoms with Crippen molar-refractivity contribution in [2.24, 2.45) is 11.8 Å². The molecule has 3 aliphatic rings. The van der Waals surface area contributed by atoms with Crippen LogP contribution in [0.4, 0.5) is 11.5 Å². The van der Waals surface area contributed by atoms with Crippen LogP contribution in [0.2, 0.25) is 5.02 Å². The maximum Gasteiger partial charge on any atom is 0.246 e. The van der Waals surface area contributed by atoms with Crippen LogP contribution in [-0.4, -0.2) is 42.8 Å². The predicted molar refractivity (Wildman–Crippen MR) is 141 cm³/mol. The van der Waals surface area contributed by atoms with E-state index in [0.717, 1.165) is 47.6 Å². The third-order valence-electron chi connectivity index (χ3n) is 8.21. The van der Waals surface area contributed by atoms with E-state index >= 15 is 0 Å². The summed E-state index contributed by atoms with van der Waals surface area (Å²) in [6, 6.07) is 11.3. The second kappa shape index (κ2) is 8.31. The number of piperidine rings is 1. The van der Waals surface area contributed by atoms with Crippen molar-refractivity contribution >= 4 is 40.0 Å².